The van der Waals surface area contributed by atoms with E-state index in [-0.39, 0.29) is 16.9 Å². The molecule has 0 fully saturated rings. The van der Waals surface area contributed by atoms with E-state index >= 15 is 0 Å². The molecule has 0 aliphatic carbocycles. The summed E-state index contributed by atoms with van der Waals surface area (Å²) >= 11 is 0. The van der Waals surface area contributed by atoms with Crippen LogP contribution in [0.15, 0.2) is 72.9 Å². The maximum absolute atomic E-state index is 13.5. The van der Waals surface area contributed by atoms with Gasteiger partial charge in [-0.1, -0.05) is 57.2 Å². The lowest BCUT2D eigenvalue weighted by atomic mass is 9.91. The number of hydrogen-bond donors (Lipinski definition) is 1. The molecule has 186 valence electrons. The van der Waals surface area contributed by atoms with Crippen molar-refractivity contribution in [2.75, 3.05) is 4.90 Å². The molecule has 0 radical (unpaired) electrons. The van der Waals surface area contributed by atoms with Crippen LogP contribution in [0.25, 0.3) is 21.9 Å². The lowest BCUT2D eigenvalue weighted by Crippen LogP contribution is -2.34. The Balaban J connectivity index is 1.70. The number of fused-ring (bicyclic) bond motifs is 1. The van der Waals surface area contributed by atoms with Crippen molar-refractivity contribution in [3.8, 4) is 17.2 Å². The minimum absolute atomic E-state index is 0.0541. The molecule has 0 bridgehead atoms. The summed E-state index contributed by atoms with van der Waals surface area (Å²) in [7, 11) is 0. The molecule has 1 heterocycles. The monoisotopic (exact) mass is 491 g/mol. The number of benzene rings is 3. The first-order valence-electron chi connectivity index (χ1n) is 12.1. The van der Waals surface area contributed by atoms with Crippen molar-refractivity contribution in [1.29, 1.82) is 5.26 Å². The molecule has 0 aliphatic rings. The standard InChI is InChI=1S/C31H29N3O3/c1-20-15-23(9-10-26(20)18-32)22-7-5-21(6-8-22)19-34(28(35)17-31(2,3)4)29-27-12-11-25(30(36)37)16-24(27)13-14-33-29/h5-16H,17,19H2,1-4H3,(H,36,37). The lowest BCUT2D eigenvalue weighted by molar-refractivity contribution is -0.120. The zero-order valence-electron chi connectivity index (χ0n) is 21.4. The van der Waals surface area contributed by atoms with Crippen LogP contribution in [-0.2, 0) is 11.3 Å². The van der Waals surface area contributed by atoms with E-state index in [2.05, 4.69) is 11.1 Å². The van der Waals surface area contributed by atoms with Gasteiger partial charge in [0.2, 0.25) is 5.91 Å². The fourth-order valence-corrected chi connectivity index (χ4v) is 4.29. The van der Waals surface area contributed by atoms with Gasteiger partial charge in [0.15, 0.2) is 0 Å². The third kappa shape index (κ3) is 5.84. The second-order valence-corrected chi connectivity index (χ2v) is 10.4. The highest BCUT2D eigenvalue weighted by atomic mass is 16.4. The van der Waals surface area contributed by atoms with Crippen LogP contribution in [0.1, 0.15) is 54.2 Å². The summed E-state index contributed by atoms with van der Waals surface area (Å²) in [5.74, 6) is -0.546. The number of aromatic carboxylic acids is 1. The van der Waals surface area contributed by atoms with Crippen LogP contribution >= 0.6 is 0 Å². The molecule has 37 heavy (non-hydrogen) atoms. The van der Waals surface area contributed by atoms with Crippen molar-refractivity contribution in [3.05, 3.63) is 95.2 Å². The van der Waals surface area contributed by atoms with Crippen LogP contribution in [-0.4, -0.2) is 22.0 Å². The zero-order chi connectivity index (χ0) is 26.7. The summed E-state index contributed by atoms with van der Waals surface area (Å²) in [4.78, 5) is 31.2. The van der Waals surface area contributed by atoms with E-state index in [0.717, 1.165) is 27.6 Å². The third-order valence-electron chi connectivity index (χ3n) is 6.20. The summed E-state index contributed by atoms with van der Waals surface area (Å²) in [6.45, 7) is 8.31. The number of anilines is 1. The van der Waals surface area contributed by atoms with Gasteiger partial charge >= 0.3 is 5.97 Å². The third-order valence-corrected chi connectivity index (χ3v) is 6.20. The molecule has 0 saturated carbocycles. The largest absolute Gasteiger partial charge is 0.478 e. The Hall–Kier alpha value is -4.50. The summed E-state index contributed by atoms with van der Waals surface area (Å²) in [5, 5.41) is 20.0. The normalized spacial score (nSPS) is 11.2. The van der Waals surface area contributed by atoms with Crippen LogP contribution in [0.3, 0.4) is 0 Å². The number of nitriles is 1. The number of aryl methyl sites for hydroxylation is 1. The number of amides is 1. The van der Waals surface area contributed by atoms with Gasteiger partial charge in [0.25, 0.3) is 0 Å². The van der Waals surface area contributed by atoms with E-state index < -0.39 is 5.97 Å². The second-order valence-electron chi connectivity index (χ2n) is 10.4. The molecule has 4 aromatic rings. The van der Waals surface area contributed by atoms with Crippen LogP contribution in [0.5, 0.6) is 0 Å². The first-order chi connectivity index (χ1) is 17.6. The molecule has 0 spiro atoms. The van der Waals surface area contributed by atoms with Gasteiger partial charge in [0.1, 0.15) is 5.82 Å². The number of aromatic nitrogens is 1. The Morgan fingerprint density at radius 3 is 2.30 bits per heavy atom. The average molecular weight is 492 g/mol. The number of carboxylic acid groups (broad SMARTS) is 1. The molecule has 0 atom stereocenters. The molecule has 1 amide bonds. The predicted octanol–water partition coefficient (Wildman–Crippen LogP) is 6.75. The van der Waals surface area contributed by atoms with Gasteiger partial charge in [-0.3, -0.25) is 9.69 Å². The smallest absolute Gasteiger partial charge is 0.335 e. The molecule has 6 heteroatoms. The van der Waals surface area contributed by atoms with Gasteiger partial charge in [0, 0.05) is 18.0 Å². The van der Waals surface area contributed by atoms with E-state index in [4.69, 9.17) is 0 Å². The van der Waals surface area contributed by atoms with Gasteiger partial charge in [0.05, 0.1) is 23.7 Å². The van der Waals surface area contributed by atoms with Crippen molar-refractivity contribution >= 4 is 28.5 Å². The molecular formula is C31H29N3O3. The van der Waals surface area contributed by atoms with Crippen LogP contribution in [0.2, 0.25) is 0 Å². The van der Waals surface area contributed by atoms with Gasteiger partial charge < -0.3 is 5.11 Å². The molecular weight excluding hydrogens is 462 g/mol. The molecule has 4 rings (SSSR count). The minimum atomic E-state index is -1.00. The van der Waals surface area contributed by atoms with Crippen LogP contribution < -0.4 is 4.90 Å². The van der Waals surface area contributed by atoms with Crippen molar-refractivity contribution in [3.63, 3.8) is 0 Å². The molecule has 1 N–H and O–H groups in total. The fourth-order valence-electron chi connectivity index (χ4n) is 4.29. The quantitative estimate of drug-likeness (QED) is 0.322. The second kappa shape index (κ2) is 10.2. The van der Waals surface area contributed by atoms with Crippen molar-refractivity contribution in [2.24, 2.45) is 5.41 Å². The van der Waals surface area contributed by atoms with E-state index in [0.29, 0.717) is 29.7 Å². The zero-order valence-corrected chi connectivity index (χ0v) is 21.4. The Bertz CT molecular complexity index is 1530. The van der Waals surface area contributed by atoms with Crippen molar-refractivity contribution in [1.82, 2.24) is 4.98 Å². The van der Waals surface area contributed by atoms with E-state index in [1.165, 1.54) is 6.07 Å². The van der Waals surface area contributed by atoms with E-state index in [1.54, 1.807) is 29.3 Å². The molecule has 0 aliphatic heterocycles. The SMILES string of the molecule is Cc1cc(-c2ccc(CN(C(=O)CC(C)(C)C)c3nccc4cc(C(=O)O)ccc34)cc2)ccc1C#N. The van der Waals surface area contributed by atoms with E-state index in [1.807, 2.05) is 70.2 Å². The number of carboxylic acids is 1. The molecule has 1 aromatic heterocycles. The Kier molecular flexibility index (Phi) is 7.08. The molecule has 0 unspecified atom stereocenters. The van der Waals surface area contributed by atoms with Gasteiger partial charge in [-0.25, -0.2) is 9.78 Å². The molecule has 3 aromatic carbocycles. The Morgan fingerprint density at radius 2 is 1.68 bits per heavy atom. The topological polar surface area (TPSA) is 94.3 Å². The fraction of sp³-hybridized carbons (Fsp3) is 0.226. The summed E-state index contributed by atoms with van der Waals surface area (Å²) in [6.07, 6.45) is 1.94. The Morgan fingerprint density at radius 1 is 0.973 bits per heavy atom. The highest BCUT2D eigenvalue weighted by molar-refractivity contribution is 6.04. The lowest BCUT2D eigenvalue weighted by Gasteiger charge is -2.27. The van der Waals surface area contributed by atoms with Gasteiger partial charge in [-0.05, 0) is 70.3 Å². The number of rotatable bonds is 6. The summed E-state index contributed by atoms with van der Waals surface area (Å²) in [5.41, 5.74) is 4.54. The maximum atomic E-state index is 13.5. The van der Waals surface area contributed by atoms with Gasteiger partial charge in [-0.15, -0.1) is 0 Å². The first kappa shape index (κ1) is 25.6. The van der Waals surface area contributed by atoms with Crippen LogP contribution in [0, 0.1) is 23.7 Å². The molecule has 0 saturated heterocycles. The van der Waals surface area contributed by atoms with Crippen molar-refractivity contribution < 1.29 is 14.7 Å². The van der Waals surface area contributed by atoms with E-state index in [9.17, 15) is 20.0 Å². The summed E-state index contributed by atoms with van der Waals surface area (Å²) < 4.78 is 0. The van der Waals surface area contributed by atoms with Crippen molar-refractivity contribution in [2.45, 2.75) is 40.7 Å². The first-order valence-corrected chi connectivity index (χ1v) is 12.1. The number of nitrogens with zero attached hydrogens (tertiary/aromatic N) is 3. The number of carbonyl (C=O) groups excluding carboxylic acids is 1. The maximum Gasteiger partial charge on any atom is 0.335 e. The highest BCUT2D eigenvalue weighted by Gasteiger charge is 2.25. The van der Waals surface area contributed by atoms with Crippen LogP contribution in [0.4, 0.5) is 5.82 Å². The molecule has 6 nitrogen and oxygen atoms in total. The summed E-state index contributed by atoms with van der Waals surface area (Å²) in [6, 6.07) is 22.6. The number of carbonyl (C=O) groups is 2. The number of pyridine rings is 1. The number of hydrogen-bond acceptors (Lipinski definition) is 4. The highest BCUT2D eigenvalue weighted by Crippen LogP contribution is 2.30. The Labute approximate surface area is 216 Å². The predicted molar refractivity (Wildman–Crippen MR) is 145 cm³/mol. The average Bonchev–Trinajstić information content (AvgIpc) is 2.86. The minimum Gasteiger partial charge on any atom is -0.478 e. The van der Waals surface area contributed by atoms with Gasteiger partial charge in [-0.2, -0.15) is 5.26 Å².